The third kappa shape index (κ3) is 4.73. The fourth-order valence-electron chi connectivity index (χ4n) is 2.01. The highest BCUT2D eigenvalue weighted by molar-refractivity contribution is 6.32. The molecule has 5 nitrogen and oxygen atoms in total. The van der Waals surface area contributed by atoms with Crippen molar-refractivity contribution in [1.82, 2.24) is 9.97 Å². The number of benzene rings is 1. The topological polar surface area (TPSA) is 61.3 Å². The van der Waals surface area contributed by atoms with Gasteiger partial charge >= 0.3 is 12.1 Å². The number of hydrogen-bond acceptors (Lipinski definition) is 5. The summed E-state index contributed by atoms with van der Waals surface area (Å²) in [6, 6.07) is 10.9. The minimum Gasteiger partial charge on any atom is -0.439 e. The Bertz CT molecular complexity index is 945. The number of pyridine rings is 2. The van der Waals surface area contributed by atoms with Gasteiger partial charge in [-0.2, -0.15) is 13.2 Å². The van der Waals surface area contributed by atoms with E-state index >= 15 is 0 Å². The Morgan fingerprint density at radius 3 is 2.26 bits per heavy atom. The van der Waals surface area contributed by atoms with Crippen molar-refractivity contribution in [3.8, 4) is 17.4 Å². The van der Waals surface area contributed by atoms with E-state index in [4.69, 9.17) is 21.1 Å². The molecular formula is C18H10ClF3N2O3. The molecule has 0 aliphatic heterocycles. The fraction of sp³-hybridized carbons (Fsp3) is 0.0556. The molecule has 3 aromatic rings. The van der Waals surface area contributed by atoms with Crippen LogP contribution in [0.2, 0.25) is 5.15 Å². The summed E-state index contributed by atoms with van der Waals surface area (Å²) < 4.78 is 48.1. The zero-order valence-electron chi connectivity index (χ0n) is 13.4. The van der Waals surface area contributed by atoms with E-state index in [1.165, 1.54) is 36.5 Å². The summed E-state index contributed by atoms with van der Waals surface area (Å²) in [6.07, 6.45) is -2.34. The van der Waals surface area contributed by atoms with Crippen LogP contribution in [0.25, 0.3) is 0 Å². The molecule has 0 aliphatic carbocycles. The van der Waals surface area contributed by atoms with Crippen molar-refractivity contribution in [3.05, 3.63) is 77.2 Å². The molecule has 0 fully saturated rings. The molecule has 0 saturated carbocycles. The molecule has 138 valence electrons. The molecule has 3 rings (SSSR count). The molecule has 0 N–H and O–H groups in total. The molecule has 0 amide bonds. The Morgan fingerprint density at radius 1 is 0.963 bits per heavy atom. The van der Waals surface area contributed by atoms with Crippen molar-refractivity contribution < 1.29 is 27.4 Å². The second kappa shape index (κ2) is 7.63. The molecule has 0 unspecified atom stereocenters. The molecule has 0 bridgehead atoms. The number of ether oxygens (including phenoxy) is 2. The Morgan fingerprint density at radius 2 is 1.67 bits per heavy atom. The molecule has 2 aromatic heterocycles. The number of nitrogens with zero attached hydrogens (tertiary/aromatic N) is 2. The molecule has 27 heavy (non-hydrogen) atoms. The monoisotopic (exact) mass is 394 g/mol. The molecule has 0 saturated heterocycles. The van der Waals surface area contributed by atoms with Gasteiger partial charge in [0.15, 0.2) is 0 Å². The number of alkyl halides is 3. The van der Waals surface area contributed by atoms with Gasteiger partial charge in [-0.1, -0.05) is 11.6 Å². The predicted molar refractivity (Wildman–Crippen MR) is 90.0 cm³/mol. The quantitative estimate of drug-likeness (QED) is 0.347. The van der Waals surface area contributed by atoms with Crippen LogP contribution < -0.4 is 9.47 Å². The number of rotatable bonds is 4. The van der Waals surface area contributed by atoms with Gasteiger partial charge in [0.2, 0.25) is 5.88 Å². The number of aromatic nitrogens is 2. The van der Waals surface area contributed by atoms with Crippen molar-refractivity contribution in [3.63, 3.8) is 0 Å². The Labute approximate surface area is 156 Å². The van der Waals surface area contributed by atoms with Crippen LogP contribution in [0.4, 0.5) is 13.2 Å². The third-order valence-electron chi connectivity index (χ3n) is 3.30. The molecular weight excluding hydrogens is 385 g/mol. The van der Waals surface area contributed by atoms with Gasteiger partial charge < -0.3 is 9.47 Å². The average molecular weight is 395 g/mol. The smallest absolute Gasteiger partial charge is 0.417 e. The minimum absolute atomic E-state index is 0.00473. The lowest BCUT2D eigenvalue weighted by molar-refractivity contribution is -0.137. The van der Waals surface area contributed by atoms with E-state index in [-0.39, 0.29) is 22.3 Å². The Balaban J connectivity index is 1.65. The van der Waals surface area contributed by atoms with Crippen LogP contribution in [0.1, 0.15) is 15.9 Å². The van der Waals surface area contributed by atoms with Gasteiger partial charge in [0, 0.05) is 18.5 Å². The first kappa shape index (κ1) is 18.7. The Kier molecular flexibility index (Phi) is 5.27. The highest BCUT2D eigenvalue weighted by Crippen LogP contribution is 2.30. The van der Waals surface area contributed by atoms with Crippen molar-refractivity contribution in [2.75, 3.05) is 0 Å². The van der Waals surface area contributed by atoms with Crippen LogP contribution in [0.5, 0.6) is 17.4 Å². The number of hydrogen-bond donors (Lipinski definition) is 0. The standard InChI is InChI=1S/C18H10ClF3N2O3/c19-16-14(2-1-9-23-16)17(25)27-13-6-4-12(5-7-13)26-15-8-3-11(10-24-15)18(20,21)22/h1-10H. The predicted octanol–water partition coefficient (Wildman–Crippen LogP) is 5.16. The molecule has 0 radical (unpaired) electrons. The maximum atomic E-state index is 12.5. The van der Waals surface area contributed by atoms with E-state index in [1.54, 1.807) is 6.07 Å². The number of carbonyl (C=O) groups excluding carboxylic acids is 1. The summed E-state index contributed by atoms with van der Waals surface area (Å²) in [7, 11) is 0. The van der Waals surface area contributed by atoms with Gasteiger partial charge in [0.1, 0.15) is 16.7 Å². The zero-order valence-corrected chi connectivity index (χ0v) is 14.2. The van der Waals surface area contributed by atoms with E-state index in [1.807, 2.05) is 0 Å². The van der Waals surface area contributed by atoms with E-state index in [0.29, 0.717) is 11.9 Å². The van der Waals surface area contributed by atoms with Crippen LogP contribution in [-0.2, 0) is 6.18 Å². The number of carbonyl (C=O) groups is 1. The van der Waals surface area contributed by atoms with E-state index < -0.39 is 17.7 Å². The van der Waals surface area contributed by atoms with Gasteiger partial charge in [-0.25, -0.2) is 14.8 Å². The second-order valence-electron chi connectivity index (χ2n) is 5.19. The van der Waals surface area contributed by atoms with Crippen molar-refractivity contribution >= 4 is 17.6 Å². The van der Waals surface area contributed by atoms with Crippen LogP contribution in [-0.4, -0.2) is 15.9 Å². The van der Waals surface area contributed by atoms with Crippen molar-refractivity contribution in [2.24, 2.45) is 0 Å². The first-order chi connectivity index (χ1) is 12.8. The Hall–Kier alpha value is -3.13. The maximum absolute atomic E-state index is 12.5. The van der Waals surface area contributed by atoms with E-state index in [2.05, 4.69) is 9.97 Å². The summed E-state index contributed by atoms with van der Waals surface area (Å²) in [5.41, 5.74) is -0.750. The van der Waals surface area contributed by atoms with E-state index in [0.717, 1.165) is 12.1 Å². The van der Waals surface area contributed by atoms with Crippen LogP contribution in [0.3, 0.4) is 0 Å². The second-order valence-corrected chi connectivity index (χ2v) is 5.55. The highest BCUT2D eigenvalue weighted by atomic mass is 35.5. The summed E-state index contributed by atoms with van der Waals surface area (Å²) in [6.45, 7) is 0. The van der Waals surface area contributed by atoms with Crippen LogP contribution >= 0.6 is 11.6 Å². The van der Waals surface area contributed by atoms with Crippen LogP contribution in [0.15, 0.2) is 60.9 Å². The van der Waals surface area contributed by atoms with E-state index in [9.17, 15) is 18.0 Å². The lowest BCUT2D eigenvalue weighted by Crippen LogP contribution is -2.09. The van der Waals surface area contributed by atoms with Crippen molar-refractivity contribution in [2.45, 2.75) is 6.18 Å². The molecule has 0 atom stereocenters. The molecule has 0 spiro atoms. The number of halogens is 4. The lowest BCUT2D eigenvalue weighted by atomic mass is 10.3. The fourth-order valence-corrected chi connectivity index (χ4v) is 2.20. The third-order valence-corrected chi connectivity index (χ3v) is 3.60. The summed E-state index contributed by atoms with van der Waals surface area (Å²) >= 11 is 5.83. The summed E-state index contributed by atoms with van der Waals surface area (Å²) in [5.74, 6) is -0.143. The summed E-state index contributed by atoms with van der Waals surface area (Å²) in [4.78, 5) is 19.4. The maximum Gasteiger partial charge on any atom is 0.417 e. The molecule has 1 aromatic carbocycles. The summed E-state index contributed by atoms with van der Waals surface area (Å²) in [5, 5.41) is 0.0239. The van der Waals surface area contributed by atoms with Gasteiger partial charge in [0.05, 0.1) is 11.1 Å². The average Bonchev–Trinajstić information content (AvgIpc) is 2.63. The van der Waals surface area contributed by atoms with Gasteiger partial charge in [0.25, 0.3) is 0 Å². The first-order valence-corrected chi connectivity index (χ1v) is 7.84. The minimum atomic E-state index is -4.46. The largest absolute Gasteiger partial charge is 0.439 e. The molecule has 2 heterocycles. The SMILES string of the molecule is O=C(Oc1ccc(Oc2ccc(C(F)(F)F)cn2)cc1)c1cccnc1Cl. The zero-order chi connectivity index (χ0) is 19.4. The van der Waals surface area contributed by atoms with Gasteiger partial charge in [-0.05, 0) is 42.5 Å². The molecule has 0 aliphatic rings. The highest BCUT2D eigenvalue weighted by Gasteiger charge is 2.30. The molecule has 9 heteroatoms. The van der Waals surface area contributed by atoms with Crippen molar-refractivity contribution in [1.29, 1.82) is 0 Å². The van der Waals surface area contributed by atoms with Crippen LogP contribution in [0, 0.1) is 0 Å². The van der Waals surface area contributed by atoms with Gasteiger partial charge in [-0.15, -0.1) is 0 Å². The number of esters is 1. The first-order valence-electron chi connectivity index (χ1n) is 7.47. The lowest BCUT2D eigenvalue weighted by Gasteiger charge is -2.09. The normalized spacial score (nSPS) is 11.1. The van der Waals surface area contributed by atoms with Gasteiger partial charge in [-0.3, -0.25) is 0 Å².